The Bertz CT molecular complexity index is 852. The fourth-order valence-corrected chi connectivity index (χ4v) is 3.62. The lowest BCUT2D eigenvalue weighted by molar-refractivity contribution is -0.0229. The van der Waals surface area contributed by atoms with Gasteiger partial charge in [-0.15, -0.1) is 0 Å². The van der Waals surface area contributed by atoms with Crippen molar-refractivity contribution in [1.29, 1.82) is 0 Å². The van der Waals surface area contributed by atoms with Gasteiger partial charge in [0.25, 0.3) is 0 Å². The van der Waals surface area contributed by atoms with Crippen LogP contribution in [0.3, 0.4) is 0 Å². The molecule has 0 unspecified atom stereocenters. The highest BCUT2D eigenvalue weighted by molar-refractivity contribution is 5.76. The van der Waals surface area contributed by atoms with Gasteiger partial charge >= 0.3 is 0 Å². The van der Waals surface area contributed by atoms with E-state index in [9.17, 15) is 10.2 Å². The quantitative estimate of drug-likeness (QED) is 0.684. The smallest absolute Gasteiger partial charge is 0.121 e. The number of nitrogens with one attached hydrogen (secondary N) is 1. The zero-order valence-corrected chi connectivity index (χ0v) is 14.2. The van der Waals surface area contributed by atoms with Gasteiger partial charge in [-0.25, -0.2) is 4.98 Å². The normalized spacial score (nSPS) is 17.8. The van der Waals surface area contributed by atoms with Crippen LogP contribution in [0.25, 0.3) is 11.0 Å². The number of piperidine rings is 1. The van der Waals surface area contributed by atoms with Crippen molar-refractivity contribution < 1.29 is 10.2 Å². The second-order valence-electron chi connectivity index (χ2n) is 7.05. The predicted molar refractivity (Wildman–Crippen MR) is 97.4 cm³/mol. The van der Waals surface area contributed by atoms with Crippen LogP contribution in [0.4, 0.5) is 0 Å². The first-order chi connectivity index (χ1) is 12.1. The van der Waals surface area contributed by atoms with Gasteiger partial charge in [0.05, 0.1) is 23.2 Å². The van der Waals surface area contributed by atoms with Crippen LogP contribution in [0.1, 0.15) is 24.2 Å². The van der Waals surface area contributed by atoms with Crippen LogP contribution in [0.15, 0.2) is 48.5 Å². The summed E-state index contributed by atoms with van der Waals surface area (Å²) in [5, 5.41) is 20.4. The second kappa shape index (κ2) is 6.50. The number of imidazole rings is 1. The first-order valence-corrected chi connectivity index (χ1v) is 8.76. The van der Waals surface area contributed by atoms with Crippen LogP contribution >= 0.6 is 0 Å². The minimum atomic E-state index is -0.614. The maximum Gasteiger partial charge on any atom is 0.121 e. The summed E-state index contributed by atoms with van der Waals surface area (Å²) in [5.74, 6) is 1.14. The van der Waals surface area contributed by atoms with E-state index in [1.807, 2.05) is 24.3 Å². The Morgan fingerprint density at radius 3 is 2.60 bits per heavy atom. The minimum absolute atomic E-state index is 0.242. The molecule has 1 aromatic heterocycles. The summed E-state index contributed by atoms with van der Waals surface area (Å²) >= 11 is 0. The van der Waals surface area contributed by atoms with Gasteiger partial charge in [0.1, 0.15) is 11.6 Å². The van der Waals surface area contributed by atoms with Crippen molar-refractivity contribution in [2.75, 3.05) is 13.1 Å². The van der Waals surface area contributed by atoms with E-state index in [0.717, 1.165) is 49.3 Å². The Balaban J connectivity index is 1.38. The predicted octanol–water partition coefficient (Wildman–Crippen LogP) is 2.84. The lowest BCUT2D eigenvalue weighted by Crippen LogP contribution is -2.45. The Morgan fingerprint density at radius 1 is 1.08 bits per heavy atom. The number of likely N-dealkylation sites (tertiary alicyclic amines) is 1. The van der Waals surface area contributed by atoms with Crippen molar-refractivity contribution >= 4 is 11.0 Å². The number of H-pyrrole nitrogens is 1. The zero-order valence-electron chi connectivity index (χ0n) is 14.2. The minimum Gasteiger partial charge on any atom is -0.508 e. The highest BCUT2D eigenvalue weighted by Gasteiger charge is 2.32. The number of aromatic nitrogens is 2. The van der Waals surface area contributed by atoms with E-state index < -0.39 is 5.60 Å². The SMILES string of the molecule is Oc1ccc2nc(CN3CCC(O)(Cc4ccccc4)CC3)[nH]c2c1. The molecule has 25 heavy (non-hydrogen) atoms. The molecule has 0 radical (unpaired) electrons. The molecular weight excluding hydrogens is 314 g/mol. The average molecular weight is 337 g/mol. The van der Waals surface area contributed by atoms with Gasteiger partial charge < -0.3 is 15.2 Å². The van der Waals surface area contributed by atoms with E-state index in [4.69, 9.17) is 0 Å². The summed E-state index contributed by atoms with van der Waals surface area (Å²) in [6.07, 6.45) is 2.25. The van der Waals surface area contributed by atoms with Gasteiger partial charge in [-0.1, -0.05) is 30.3 Å². The molecule has 1 aliphatic heterocycles. The maximum absolute atomic E-state index is 10.9. The third-order valence-corrected chi connectivity index (χ3v) is 5.05. The number of aliphatic hydroxyl groups is 1. The molecule has 0 saturated carbocycles. The van der Waals surface area contributed by atoms with Crippen LogP contribution < -0.4 is 0 Å². The van der Waals surface area contributed by atoms with Crippen molar-refractivity contribution in [3.05, 3.63) is 59.9 Å². The summed E-state index contributed by atoms with van der Waals surface area (Å²) < 4.78 is 0. The molecule has 0 amide bonds. The van der Waals surface area contributed by atoms with Gasteiger partial charge in [-0.2, -0.15) is 0 Å². The lowest BCUT2D eigenvalue weighted by Gasteiger charge is -2.38. The van der Waals surface area contributed by atoms with Gasteiger partial charge in [-0.05, 0) is 30.5 Å². The van der Waals surface area contributed by atoms with Crippen molar-refractivity contribution in [1.82, 2.24) is 14.9 Å². The molecular formula is C20H23N3O2. The fourth-order valence-electron chi connectivity index (χ4n) is 3.62. The maximum atomic E-state index is 10.9. The van der Waals surface area contributed by atoms with Gasteiger partial charge in [0.2, 0.25) is 0 Å². The number of phenols is 1. The van der Waals surface area contributed by atoms with Crippen LogP contribution in [0.5, 0.6) is 5.75 Å². The van der Waals surface area contributed by atoms with Crippen molar-refractivity contribution in [3.8, 4) is 5.75 Å². The van der Waals surface area contributed by atoms with Gasteiger partial charge in [0, 0.05) is 25.6 Å². The summed E-state index contributed by atoms with van der Waals surface area (Å²) in [7, 11) is 0. The molecule has 3 N–H and O–H groups in total. The molecule has 2 heterocycles. The topological polar surface area (TPSA) is 72.4 Å². The number of hydrogen-bond acceptors (Lipinski definition) is 4. The molecule has 0 aliphatic carbocycles. The Morgan fingerprint density at radius 2 is 1.84 bits per heavy atom. The molecule has 5 nitrogen and oxygen atoms in total. The third-order valence-electron chi connectivity index (χ3n) is 5.05. The highest BCUT2D eigenvalue weighted by atomic mass is 16.3. The van der Waals surface area contributed by atoms with E-state index in [0.29, 0.717) is 6.42 Å². The number of aromatic amines is 1. The first kappa shape index (κ1) is 16.1. The summed E-state index contributed by atoms with van der Waals surface area (Å²) in [6.45, 7) is 2.44. The number of fused-ring (bicyclic) bond motifs is 1. The molecule has 0 spiro atoms. The van der Waals surface area contributed by atoms with E-state index in [2.05, 4.69) is 27.0 Å². The highest BCUT2D eigenvalue weighted by Crippen LogP contribution is 2.27. The first-order valence-electron chi connectivity index (χ1n) is 8.76. The van der Waals surface area contributed by atoms with Crippen LogP contribution in [0, 0.1) is 0 Å². The van der Waals surface area contributed by atoms with E-state index in [-0.39, 0.29) is 5.75 Å². The molecule has 5 heteroatoms. The lowest BCUT2D eigenvalue weighted by atomic mass is 9.85. The van der Waals surface area contributed by atoms with Gasteiger partial charge in [0.15, 0.2) is 0 Å². The van der Waals surface area contributed by atoms with Crippen molar-refractivity contribution in [2.45, 2.75) is 31.4 Å². The molecule has 1 aliphatic rings. The molecule has 2 aromatic carbocycles. The standard InChI is InChI=1S/C20H23N3O2/c24-16-6-7-17-18(12-16)22-19(21-17)14-23-10-8-20(25,9-11-23)13-15-4-2-1-3-5-15/h1-7,12,24-25H,8-11,13-14H2,(H,21,22). The van der Waals surface area contributed by atoms with Crippen LogP contribution in [-0.2, 0) is 13.0 Å². The summed E-state index contributed by atoms with van der Waals surface area (Å²) in [4.78, 5) is 10.2. The Labute approximate surface area is 146 Å². The number of phenolic OH excluding ortho intramolecular Hbond substituents is 1. The van der Waals surface area contributed by atoms with Crippen LogP contribution in [0.2, 0.25) is 0 Å². The molecule has 3 aromatic rings. The van der Waals surface area contributed by atoms with E-state index in [1.165, 1.54) is 5.56 Å². The Kier molecular flexibility index (Phi) is 4.19. The van der Waals surface area contributed by atoms with Crippen LogP contribution in [-0.4, -0.2) is 43.8 Å². The molecule has 130 valence electrons. The van der Waals surface area contributed by atoms with Crippen molar-refractivity contribution in [3.63, 3.8) is 0 Å². The Hall–Kier alpha value is -2.37. The molecule has 0 atom stereocenters. The van der Waals surface area contributed by atoms with Crippen molar-refractivity contribution in [2.24, 2.45) is 0 Å². The number of rotatable bonds is 4. The second-order valence-corrected chi connectivity index (χ2v) is 7.05. The summed E-state index contributed by atoms with van der Waals surface area (Å²) in [5.41, 5.74) is 2.30. The monoisotopic (exact) mass is 337 g/mol. The summed E-state index contributed by atoms with van der Waals surface area (Å²) in [6, 6.07) is 15.4. The number of aromatic hydroxyl groups is 1. The average Bonchev–Trinajstić information content (AvgIpc) is 2.99. The largest absolute Gasteiger partial charge is 0.508 e. The number of nitrogens with zero attached hydrogens (tertiary/aromatic N) is 2. The van der Waals surface area contributed by atoms with E-state index in [1.54, 1.807) is 12.1 Å². The fraction of sp³-hybridized carbons (Fsp3) is 0.350. The van der Waals surface area contributed by atoms with E-state index >= 15 is 0 Å². The molecule has 1 fully saturated rings. The molecule has 0 bridgehead atoms. The molecule has 1 saturated heterocycles. The van der Waals surface area contributed by atoms with Gasteiger partial charge in [-0.3, -0.25) is 4.90 Å². The molecule has 4 rings (SSSR count). The third kappa shape index (κ3) is 3.67. The number of hydrogen-bond donors (Lipinski definition) is 3. The number of benzene rings is 2. The zero-order chi connectivity index (χ0) is 17.3.